The number of hydrogen-bond acceptors (Lipinski definition) is 4. The molecule has 88 valence electrons. The van der Waals surface area contributed by atoms with Crippen molar-refractivity contribution < 1.29 is 9.53 Å². The van der Waals surface area contributed by atoms with Crippen molar-refractivity contribution in [3.63, 3.8) is 0 Å². The minimum absolute atomic E-state index is 0.238. The van der Waals surface area contributed by atoms with E-state index in [2.05, 4.69) is 20.8 Å². The molecule has 0 radical (unpaired) electrons. The van der Waals surface area contributed by atoms with Crippen molar-refractivity contribution in [3.8, 4) is 0 Å². The van der Waals surface area contributed by atoms with Crippen LogP contribution in [0, 0.1) is 0 Å². The summed E-state index contributed by atoms with van der Waals surface area (Å²) in [5.41, 5.74) is 0. The van der Waals surface area contributed by atoms with Crippen LogP contribution in [0.5, 0.6) is 0 Å². The number of rotatable bonds is 4. The number of morpholine rings is 1. The largest absolute Gasteiger partial charge is 0.379 e. The third-order valence-corrected chi connectivity index (χ3v) is 4.27. The highest BCUT2D eigenvalue weighted by molar-refractivity contribution is 9.11. The van der Waals surface area contributed by atoms with Gasteiger partial charge in [0.15, 0.2) is 5.78 Å². The van der Waals surface area contributed by atoms with Gasteiger partial charge in [0.2, 0.25) is 0 Å². The van der Waals surface area contributed by atoms with Gasteiger partial charge >= 0.3 is 0 Å². The Labute approximate surface area is 108 Å². The molecule has 0 saturated carbocycles. The van der Waals surface area contributed by atoms with Crippen LogP contribution < -0.4 is 0 Å². The second-order valence-electron chi connectivity index (χ2n) is 3.73. The third kappa shape index (κ3) is 3.38. The van der Waals surface area contributed by atoms with Crippen LogP contribution in [-0.2, 0) is 4.74 Å². The second kappa shape index (κ2) is 5.91. The summed E-state index contributed by atoms with van der Waals surface area (Å²) in [5.74, 6) is 0.238. The average molecular weight is 304 g/mol. The summed E-state index contributed by atoms with van der Waals surface area (Å²) in [6.45, 7) is 4.32. The maximum Gasteiger partial charge on any atom is 0.174 e. The van der Waals surface area contributed by atoms with Crippen LogP contribution in [0.25, 0.3) is 0 Å². The monoisotopic (exact) mass is 303 g/mol. The van der Waals surface area contributed by atoms with Gasteiger partial charge in [-0.15, -0.1) is 11.3 Å². The van der Waals surface area contributed by atoms with Gasteiger partial charge in [-0.2, -0.15) is 0 Å². The summed E-state index contributed by atoms with van der Waals surface area (Å²) in [7, 11) is 0. The Morgan fingerprint density at radius 3 is 2.81 bits per heavy atom. The van der Waals surface area contributed by atoms with E-state index < -0.39 is 0 Å². The molecule has 1 aromatic rings. The lowest BCUT2D eigenvalue weighted by Gasteiger charge is -2.26. The molecular formula is C11H14BrNO2S. The highest BCUT2D eigenvalue weighted by Crippen LogP contribution is 2.23. The molecule has 1 fully saturated rings. The Kier molecular flexibility index (Phi) is 4.52. The standard InChI is InChI=1S/C11H14BrNO2S/c12-11-2-1-10(16-11)9(14)3-4-13-5-7-15-8-6-13/h1-2H,3-8H2. The number of carbonyl (C=O) groups excluding carboxylic acids is 1. The Balaban J connectivity index is 1.79. The van der Waals surface area contributed by atoms with E-state index in [-0.39, 0.29) is 5.78 Å². The first-order valence-electron chi connectivity index (χ1n) is 5.34. The van der Waals surface area contributed by atoms with Crippen molar-refractivity contribution in [2.75, 3.05) is 32.8 Å². The first kappa shape index (κ1) is 12.2. The molecule has 2 rings (SSSR count). The summed E-state index contributed by atoms with van der Waals surface area (Å²) in [6.07, 6.45) is 0.604. The second-order valence-corrected chi connectivity index (χ2v) is 6.19. The van der Waals surface area contributed by atoms with E-state index in [0.717, 1.165) is 41.5 Å². The Bertz CT molecular complexity index is 361. The van der Waals surface area contributed by atoms with Gasteiger partial charge in [0.05, 0.1) is 21.9 Å². The van der Waals surface area contributed by atoms with Gasteiger partial charge in [-0.25, -0.2) is 0 Å². The highest BCUT2D eigenvalue weighted by atomic mass is 79.9. The van der Waals surface area contributed by atoms with E-state index in [1.165, 1.54) is 11.3 Å². The molecule has 0 atom stereocenters. The third-order valence-electron chi connectivity index (χ3n) is 2.61. The van der Waals surface area contributed by atoms with Crippen molar-refractivity contribution in [1.82, 2.24) is 4.90 Å². The van der Waals surface area contributed by atoms with E-state index in [4.69, 9.17) is 4.74 Å². The minimum Gasteiger partial charge on any atom is -0.379 e. The smallest absolute Gasteiger partial charge is 0.174 e. The van der Waals surface area contributed by atoms with E-state index in [1.54, 1.807) is 0 Å². The fourth-order valence-electron chi connectivity index (χ4n) is 1.67. The predicted octanol–water partition coefficient (Wildman–Crippen LogP) is 2.42. The molecule has 1 saturated heterocycles. The lowest BCUT2D eigenvalue weighted by atomic mass is 10.2. The molecule has 5 heteroatoms. The number of ether oxygens (including phenoxy) is 1. The zero-order valence-electron chi connectivity index (χ0n) is 8.95. The van der Waals surface area contributed by atoms with Gasteiger partial charge in [-0.3, -0.25) is 9.69 Å². The van der Waals surface area contributed by atoms with Gasteiger partial charge < -0.3 is 4.74 Å². The first-order valence-corrected chi connectivity index (χ1v) is 6.95. The molecule has 0 bridgehead atoms. The molecule has 1 aromatic heterocycles. The fraction of sp³-hybridized carbons (Fsp3) is 0.545. The Morgan fingerprint density at radius 2 is 2.19 bits per heavy atom. The fourth-order valence-corrected chi connectivity index (χ4v) is 3.03. The topological polar surface area (TPSA) is 29.5 Å². The van der Waals surface area contributed by atoms with Gasteiger partial charge in [0.1, 0.15) is 0 Å². The number of halogens is 1. The maximum absolute atomic E-state index is 11.8. The van der Waals surface area contributed by atoms with Crippen LogP contribution in [0.4, 0.5) is 0 Å². The van der Waals surface area contributed by atoms with Crippen LogP contribution in [-0.4, -0.2) is 43.5 Å². The van der Waals surface area contributed by atoms with Gasteiger partial charge in [-0.05, 0) is 28.1 Å². The molecule has 3 nitrogen and oxygen atoms in total. The predicted molar refractivity (Wildman–Crippen MR) is 68.2 cm³/mol. The van der Waals surface area contributed by atoms with Crippen LogP contribution in [0.1, 0.15) is 16.1 Å². The lowest BCUT2D eigenvalue weighted by molar-refractivity contribution is 0.0370. The molecule has 0 spiro atoms. The number of hydrogen-bond donors (Lipinski definition) is 0. The summed E-state index contributed by atoms with van der Waals surface area (Å²) >= 11 is 4.87. The maximum atomic E-state index is 11.8. The van der Waals surface area contributed by atoms with E-state index in [0.29, 0.717) is 6.42 Å². The first-order chi connectivity index (χ1) is 7.75. The van der Waals surface area contributed by atoms with Crippen molar-refractivity contribution in [2.24, 2.45) is 0 Å². The minimum atomic E-state index is 0.238. The summed E-state index contributed by atoms with van der Waals surface area (Å²) in [6, 6.07) is 3.81. The Morgan fingerprint density at radius 1 is 1.44 bits per heavy atom. The average Bonchev–Trinajstić information content (AvgIpc) is 2.74. The van der Waals surface area contributed by atoms with Crippen molar-refractivity contribution >= 4 is 33.0 Å². The van der Waals surface area contributed by atoms with Crippen LogP contribution in [0.2, 0.25) is 0 Å². The number of thiophene rings is 1. The Hall–Kier alpha value is -0.230. The zero-order valence-corrected chi connectivity index (χ0v) is 11.3. The lowest BCUT2D eigenvalue weighted by Crippen LogP contribution is -2.37. The molecule has 2 heterocycles. The molecule has 0 aliphatic carbocycles. The molecule has 0 amide bonds. The van der Waals surface area contributed by atoms with Crippen molar-refractivity contribution in [3.05, 3.63) is 20.8 Å². The number of carbonyl (C=O) groups is 1. The number of Topliss-reactive ketones (excluding diaryl/α,β-unsaturated/α-hetero) is 1. The molecule has 16 heavy (non-hydrogen) atoms. The molecule has 0 unspecified atom stereocenters. The van der Waals surface area contributed by atoms with Crippen LogP contribution >= 0.6 is 27.3 Å². The van der Waals surface area contributed by atoms with Gasteiger partial charge in [0, 0.05) is 26.1 Å². The normalized spacial score (nSPS) is 17.6. The molecule has 0 N–H and O–H groups in total. The van der Waals surface area contributed by atoms with E-state index in [1.807, 2.05) is 12.1 Å². The highest BCUT2D eigenvalue weighted by Gasteiger charge is 2.13. The molecular weight excluding hydrogens is 290 g/mol. The quantitative estimate of drug-likeness (QED) is 0.800. The molecule has 1 aliphatic heterocycles. The van der Waals surface area contributed by atoms with Crippen LogP contribution in [0.15, 0.2) is 15.9 Å². The summed E-state index contributed by atoms with van der Waals surface area (Å²) in [4.78, 5) is 15.0. The molecule has 1 aliphatic rings. The van der Waals surface area contributed by atoms with Gasteiger partial charge in [-0.1, -0.05) is 0 Å². The number of ketones is 1. The van der Waals surface area contributed by atoms with Gasteiger partial charge in [0.25, 0.3) is 0 Å². The van der Waals surface area contributed by atoms with E-state index >= 15 is 0 Å². The summed E-state index contributed by atoms with van der Waals surface area (Å²) in [5, 5.41) is 0. The SMILES string of the molecule is O=C(CCN1CCOCC1)c1ccc(Br)s1. The van der Waals surface area contributed by atoms with Crippen molar-refractivity contribution in [1.29, 1.82) is 0 Å². The number of nitrogens with zero attached hydrogens (tertiary/aromatic N) is 1. The van der Waals surface area contributed by atoms with E-state index in [9.17, 15) is 4.79 Å². The van der Waals surface area contributed by atoms with Crippen LogP contribution in [0.3, 0.4) is 0 Å². The molecule has 0 aromatic carbocycles. The van der Waals surface area contributed by atoms with Crippen molar-refractivity contribution in [2.45, 2.75) is 6.42 Å². The zero-order chi connectivity index (χ0) is 11.4. The summed E-state index contributed by atoms with van der Waals surface area (Å²) < 4.78 is 6.28.